The first-order valence-electron chi connectivity index (χ1n) is 8.89. The molecule has 2 heterocycles. The number of hydrogen-bond donors (Lipinski definition) is 0. The van der Waals surface area contributed by atoms with Gasteiger partial charge in [0.2, 0.25) is 5.91 Å². The van der Waals surface area contributed by atoms with Crippen LogP contribution in [0.4, 0.5) is 5.69 Å². The lowest BCUT2D eigenvalue weighted by Crippen LogP contribution is -2.51. The number of rotatable bonds is 4. The van der Waals surface area contributed by atoms with Crippen molar-refractivity contribution in [1.82, 2.24) is 14.4 Å². The molecule has 3 rings (SSSR count). The lowest BCUT2D eigenvalue weighted by Gasteiger charge is -2.35. The summed E-state index contributed by atoms with van der Waals surface area (Å²) in [4.78, 5) is 30.9. The average Bonchev–Trinajstić information content (AvgIpc) is 3.06. The highest BCUT2D eigenvalue weighted by atomic mass is 16.2. The maximum Gasteiger partial charge on any atom is 0.254 e. The van der Waals surface area contributed by atoms with E-state index >= 15 is 0 Å². The van der Waals surface area contributed by atoms with Crippen molar-refractivity contribution in [2.45, 2.75) is 6.42 Å². The molecule has 0 bridgehead atoms. The first-order valence-corrected chi connectivity index (χ1v) is 8.89. The van der Waals surface area contributed by atoms with E-state index in [1.165, 1.54) is 0 Å². The van der Waals surface area contributed by atoms with Crippen molar-refractivity contribution in [3.8, 4) is 0 Å². The first-order chi connectivity index (χ1) is 12.4. The number of carbonyl (C=O) groups is 2. The lowest BCUT2D eigenvalue weighted by molar-refractivity contribution is -0.131. The lowest BCUT2D eigenvalue weighted by atomic mass is 10.1. The summed E-state index contributed by atoms with van der Waals surface area (Å²) in [5.41, 5.74) is 2.73. The highest BCUT2D eigenvalue weighted by Gasteiger charge is 2.25. The van der Waals surface area contributed by atoms with Gasteiger partial charge in [0, 0.05) is 71.0 Å². The van der Waals surface area contributed by atoms with Crippen LogP contribution in [0.15, 0.2) is 42.7 Å². The Balaban J connectivity index is 1.57. The number of aromatic nitrogens is 1. The van der Waals surface area contributed by atoms with E-state index in [0.717, 1.165) is 11.3 Å². The summed E-state index contributed by atoms with van der Waals surface area (Å²) in [6.07, 6.45) is 4.33. The number of amides is 2. The minimum atomic E-state index is 0.0314. The number of anilines is 1. The Labute approximate surface area is 154 Å². The molecule has 0 aliphatic carbocycles. The number of piperazine rings is 1. The van der Waals surface area contributed by atoms with Crippen molar-refractivity contribution in [2.75, 3.05) is 45.2 Å². The first kappa shape index (κ1) is 18.0. The summed E-state index contributed by atoms with van der Waals surface area (Å²) in [6.45, 7) is 2.33. The van der Waals surface area contributed by atoms with E-state index in [2.05, 4.69) is 0 Å². The van der Waals surface area contributed by atoms with Crippen LogP contribution >= 0.6 is 0 Å². The van der Waals surface area contributed by atoms with Crippen molar-refractivity contribution in [2.24, 2.45) is 7.05 Å². The molecule has 1 saturated heterocycles. The molecule has 1 aromatic carbocycles. The fourth-order valence-corrected chi connectivity index (χ4v) is 3.21. The minimum absolute atomic E-state index is 0.0314. The third-order valence-corrected chi connectivity index (χ3v) is 4.78. The molecule has 6 heteroatoms. The molecule has 6 nitrogen and oxygen atoms in total. The Hall–Kier alpha value is -2.76. The van der Waals surface area contributed by atoms with E-state index in [0.29, 0.717) is 38.2 Å². The van der Waals surface area contributed by atoms with Gasteiger partial charge in [-0.2, -0.15) is 0 Å². The molecule has 0 atom stereocenters. The second-order valence-corrected chi connectivity index (χ2v) is 6.98. The van der Waals surface area contributed by atoms with E-state index in [4.69, 9.17) is 0 Å². The number of nitrogens with zero attached hydrogens (tertiary/aromatic N) is 4. The molecule has 138 valence electrons. The molecule has 1 aliphatic rings. The van der Waals surface area contributed by atoms with Crippen molar-refractivity contribution in [1.29, 1.82) is 0 Å². The van der Waals surface area contributed by atoms with Crippen molar-refractivity contribution >= 4 is 17.5 Å². The molecule has 0 N–H and O–H groups in total. The molecule has 0 radical (unpaired) electrons. The smallest absolute Gasteiger partial charge is 0.254 e. The maximum atomic E-state index is 12.7. The Morgan fingerprint density at radius 3 is 2.35 bits per heavy atom. The fraction of sp³-hybridized carbons (Fsp3) is 0.400. The van der Waals surface area contributed by atoms with E-state index < -0.39 is 0 Å². The number of benzene rings is 1. The summed E-state index contributed by atoms with van der Waals surface area (Å²) in [6, 6.07) is 9.62. The van der Waals surface area contributed by atoms with E-state index in [9.17, 15) is 9.59 Å². The topological polar surface area (TPSA) is 48.8 Å². The Morgan fingerprint density at radius 2 is 1.73 bits per heavy atom. The third kappa shape index (κ3) is 4.07. The second-order valence-electron chi connectivity index (χ2n) is 6.98. The van der Waals surface area contributed by atoms with Gasteiger partial charge in [0.1, 0.15) is 0 Å². The van der Waals surface area contributed by atoms with Crippen molar-refractivity contribution in [3.05, 3.63) is 53.9 Å². The minimum Gasteiger partial charge on any atom is -0.378 e. The van der Waals surface area contributed by atoms with Gasteiger partial charge in [0.05, 0.1) is 6.42 Å². The van der Waals surface area contributed by atoms with Gasteiger partial charge in [0.15, 0.2) is 0 Å². The zero-order chi connectivity index (χ0) is 18.7. The zero-order valence-electron chi connectivity index (χ0n) is 15.7. The van der Waals surface area contributed by atoms with Crippen LogP contribution in [0.5, 0.6) is 0 Å². The highest BCUT2D eigenvalue weighted by Crippen LogP contribution is 2.16. The van der Waals surface area contributed by atoms with Crippen LogP contribution in [0.2, 0.25) is 0 Å². The summed E-state index contributed by atoms with van der Waals surface area (Å²) < 4.78 is 1.95. The Bertz CT molecular complexity index is 789. The van der Waals surface area contributed by atoms with Crippen molar-refractivity contribution in [3.63, 3.8) is 0 Å². The molecule has 0 saturated carbocycles. The van der Waals surface area contributed by atoms with E-state index in [1.54, 1.807) is 0 Å². The van der Waals surface area contributed by atoms with Gasteiger partial charge in [-0.15, -0.1) is 0 Å². The van der Waals surface area contributed by atoms with E-state index in [-0.39, 0.29) is 11.8 Å². The van der Waals surface area contributed by atoms with Crippen LogP contribution in [0.25, 0.3) is 0 Å². The quantitative estimate of drug-likeness (QED) is 0.838. The van der Waals surface area contributed by atoms with Crippen molar-refractivity contribution < 1.29 is 9.59 Å². The van der Waals surface area contributed by atoms with Gasteiger partial charge < -0.3 is 19.3 Å². The van der Waals surface area contributed by atoms with Gasteiger partial charge in [0.25, 0.3) is 5.91 Å². The van der Waals surface area contributed by atoms with Gasteiger partial charge in [-0.05, 0) is 29.8 Å². The molecular formula is C20H26N4O2. The molecule has 1 aromatic heterocycles. The molecule has 0 unspecified atom stereocenters. The number of aryl methyl sites for hydroxylation is 1. The summed E-state index contributed by atoms with van der Waals surface area (Å²) in [7, 11) is 5.87. The largest absolute Gasteiger partial charge is 0.378 e. The molecule has 26 heavy (non-hydrogen) atoms. The zero-order valence-corrected chi connectivity index (χ0v) is 15.7. The normalized spacial score (nSPS) is 14.4. The predicted octanol–water partition coefficient (Wildman–Crippen LogP) is 1.62. The second kappa shape index (κ2) is 7.64. The molecule has 2 aromatic rings. The van der Waals surface area contributed by atoms with Crippen LogP contribution in [0.3, 0.4) is 0 Å². The molecule has 2 amide bonds. The SMILES string of the molecule is CN(C)c1cccc(C(=O)N2CCN(C(=O)Cc3ccn(C)c3)CC2)c1. The van der Waals surface area contributed by atoms with Crippen LogP contribution in [-0.2, 0) is 18.3 Å². The van der Waals surface area contributed by atoms with E-state index in [1.807, 2.05) is 83.1 Å². The highest BCUT2D eigenvalue weighted by molar-refractivity contribution is 5.95. The van der Waals surface area contributed by atoms with Gasteiger partial charge in [-0.1, -0.05) is 6.07 Å². The standard InChI is InChI=1S/C20H26N4O2/c1-21(2)18-6-4-5-17(14-18)20(26)24-11-9-23(10-12-24)19(25)13-16-7-8-22(3)15-16/h4-8,14-15H,9-13H2,1-3H3. The summed E-state index contributed by atoms with van der Waals surface area (Å²) in [5.74, 6) is 0.154. The molecular weight excluding hydrogens is 328 g/mol. The van der Waals surface area contributed by atoms with Crippen LogP contribution < -0.4 is 4.90 Å². The summed E-state index contributed by atoms with van der Waals surface area (Å²) >= 11 is 0. The molecule has 1 aliphatic heterocycles. The Morgan fingerprint density at radius 1 is 1.04 bits per heavy atom. The number of carbonyl (C=O) groups excluding carboxylic acids is 2. The van der Waals surface area contributed by atoms with Gasteiger partial charge in [-0.3, -0.25) is 9.59 Å². The third-order valence-electron chi connectivity index (χ3n) is 4.78. The Kier molecular flexibility index (Phi) is 5.30. The van der Waals surface area contributed by atoms with Gasteiger partial charge >= 0.3 is 0 Å². The fourth-order valence-electron chi connectivity index (χ4n) is 3.21. The van der Waals surface area contributed by atoms with Crippen LogP contribution in [0.1, 0.15) is 15.9 Å². The average molecular weight is 354 g/mol. The maximum absolute atomic E-state index is 12.7. The molecule has 0 spiro atoms. The predicted molar refractivity (Wildman–Crippen MR) is 102 cm³/mol. The van der Waals surface area contributed by atoms with Crippen LogP contribution in [-0.4, -0.2) is 66.5 Å². The number of hydrogen-bond acceptors (Lipinski definition) is 3. The molecule has 1 fully saturated rings. The monoisotopic (exact) mass is 354 g/mol. The van der Waals surface area contributed by atoms with Gasteiger partial charge in [-0.25, -0.2) is 0 Å². The van der Waals surface area contributed by atoms with Crippen LogP contribution in [0, 0.1) is 0 Å². The summed E-state index contributed by atoms with van der Waals surface area (Å²) in [5, 5.41) is 0.